The second-order valence-electron chi connectivity index (χ2n) is 4.22. The zero-order chi connectivity index (χ0) is 14.3. The molecule has 5 nitrogen and oxygen atoms in total. The van der Waals surface area contributed by atoms with Gasteiger partial charge in [0.15, 0.2) is 0 Å². The molecule has 0 heterocycles. The lowest BCUT2D eigenvalue weighted by Gasteiger charge is -2.16. The molecule has 0 bridgehead atoms. The number of methoxy groups -OCH3 is 1. The molecule has 0 atom stereocenters. The summed E-state index contributed by atoms with van der Waals surface area (Å²) in [5.41, 5.74) is 0.255. The van der Waals surface area contributed by atoms with Crippen molar-refractivity contribution in [2.45, 2.75) is 0 Å². The van der Waals surface area contributed by atoms with E-state index in [-0.39, 0.29) is 5.56 Å². The van der Waals surface area contributed by atoms with E-state index in [4.69, 9.17) is 9.84 Å². The standard InChI is InChI=1S/C13H19FN2O3/c1-16(7-8-19-2)6-5-15-10-3-4-11(13(17)18)12(14)9-10/h3-4,9,15H,5-8H2,1-2H3,(H,17,18). The van der Waals surface area contributed by atoms with E-state index in [2.05, 4.69) is 10.2 Å². The van der Waals surface area contributed by atoms with Crippen LogP contribution in [-0.2, 0) is 4.74 Å². The summed E-state index contributed by atoms with van der Waals surface area (Å²) in [4.78, 5) is 12.7. The topological polar surface area (TPSA) is 61.8 Å². The molecule has 106 valence electrons. The maximum atomic E-state index is 13.4. The molecule has 0 aliphatic heterocycles. The van der Waals surface area contributed by atoms with Crippen LogP contribution in [0.1, 0.15) is 10.4 Å². The molecule has 0 amide bonds. The Hall–Kier alpha value is -1.66. The fraction of sp³-hybridized carbons (Fsp3) is 0.462. The third-order valence-corrected chi connectivity index (χ3v) is 2.70. The molecule has 2 N–H and O–H groups in total. The molecule has 19 heavy (non-hydrogen) atoms. The zero-order valence-electron chi connectivity index (χ0n) is 11.1. The number of nitrogens with one attached hydrogen (secondary N) is 1. The largest absolute Gasteiger partial charge is 0.478 e. The van der Waals surface area contributed by atoms with Crippen LogP contribution in [0.5, 0.6) is 0 Å². The number of carboxylic acids is 1. The molecule has 1 aromatic carbocycles. The van der Waals surface area contributed by atoms with Gasteiger partial charge < -0.3 is 20.1 Å². The average Bonchev–Trinajstić information content (AvgIpc) is 2.36. The lowest BCUT2D eigenvalue weighted by Crippen LogP contribution is -2.28. The quantitative estimate of drug-likeness (QED) is 0.750. The lowest BCUT2D eigenvalue weighted by molar-refractivity contribution is 0.0692. The summed E-state index contributed by atoms with van der Waals surface area (Å²) in [5, 5.41) is 11.8. The van der Waals surface area contributed by atoms with Gasteiger partial charge in [0.2, 0.25) is 0 Å². The molecule has 0 spiro atoms. The van der Waals surface area contributed by atoms with E-state index in [9.17, 15) is 9.18 Å². The summed E-state index contributed by atoms with van der Waals surface area (Å²) >= 11 is 0. The second-order valence-corrected chi connectivity index (χ2v) is 4.22. The van der Waals surface area contributed by atoms with Crippen molar-refractivity contribution in [1.82, 2.24) is 4.90 Å². The van der Waals surface area contributed by atoms with E-state index in [1.54, 1.807) is 13.2 Å². The highest BCUT2D eigenvalue weighted by Crippen LogP contribution is 2.14. The predicted molar refractivity (Wildman–Crippen MR) is 71.2 cm³/mol. The summed E-state index contributed by atoms with van der Waals surface area (Å²) < 4.78 is 18.4. The zero-order valence-corrected chi connectivity index (χ0v) is 11.1. The molecule has 0 saturated carbocycles. The van der Waals surface area contributed by atoms with E-state index in [1.807, 2.05) is 7.05 Å². The second kappa shape index (κ2) is 7.70. The molecule has 1 rings (SSSR count). The number of halogens is 1. The van der Waals surface area contributed by atoms with E-state index in [0.29, 0.717) is 18.8 Å². The minimum absolute atomic E-state index is 0.317. The van der Waals surface area contributed by atoms with Crippen molar-refractivity contribution in [1.29, 1.82) is 0 Å². The normalized spacial score (nSPS) is 10.7. The molecule has 0 saturated heterocycles. The van der Waals surface area contributed by atoms with Gasteiger partial charge in [-0.2, -0.15) is 0 Å². The van der Waals surface area contributed by atoms with Gasteiger partial charge in [0.25, 0.3) is 0 Å². The Morgan fingerprint density at radius 2 is 2.21 bits per heavy atom. The van der Waals surface area contributed by atoms with Gasteiger partial charge in [0.05, 0.1) is 12.2 Å². The monoisotopic (exact) mass is 270 g/mol. The molecule has 0 aliphatic rings. The van der Waals surface area contributed by atoms with Crippen molar-refractivity contribution in [3.63, 3.8) is 0 Å². The maximum absolute atomic E-state index is 13.4. The fourth-order valence-corrected chi connectivity index (χ4v) is 1.55. The SMILES string of the molecule is COCCN(C)CCNc1ccc(C(=O)O)c(F)c1. The Labute approximate surface area is 112 Å². The highest BCUT2D eigenvalue weighted by molar-refractivity contribution is 5.88. The Morgan fingerprint density at radius 3 is 2.79 bits per heavy atom. The summed E-state index contributed by atoms with van der Waals surface area (Å²) in [7, 11) is 3.62. The number of rotatable bonds is 8. The number of likely N-dealkylation sites (N-methyl/N-ethyl adjacent to an activating group) is 1. The average molecular weight is 270 g/mol. The van der Waals surface area contributed by atoms with Crippen LogP contribution in [0.25, 0.3) is 0 Å². The van der Waals surface area contributed by atoms with Crippen molar-refractivity contribution in [2.24, 2.45) is 0 Å². The number of hydrogen-bond acceptors (Lipinski definition) is 4. The van der Waals surface area contributed by atoms with Gasteiger partial charge in [-0.25, -0.2) is 9.18 Å². The molecule has 1 aromatic rings. The van der Waals surface area contributed by atoms with Crippen molar-refractivity contribution in [2.75, 3.05) is 45.7 Å². The van der Waals surface area contributed by atoms with Crippen molar-refractivity contribution >= 4 is 11.7 Å². The third kappa shape index (κ3) is 5.23. The summed E-state index contributed by atoms with van der Waals surface area (Å²) in [6.45, 7) is 2.92. The number of anilines is 1. The number of hydrogen-bond donors (Lipinski definition) is 2. The van der Waals surface area contributed by atoms with E-state index < -0.39 is 11.8 Å². The van der Waals surface area contributed by atoms with Crippen LogP contribution in [0.2, 0.25) is 0 Å². The molecule has 0 radical (unpaired) electrons. The van der Waals surface area contributed by atoms with E-state index >= 15 is 0 Å². The minimum atomic E-state index is -1.26. The van der Waals surface area contributed by atoms with Crippen LogP contribution in [-0.4, -0.2) is 56.4 Å². The first-order valence-corrected chi connectivity index (χ1v) is 5.98. The number of aromatic carboxylic acids is 1. The Balaban J connectivity index is 2.42. The van der Waals surface area contributed by atoms with E-state index in [0.717, 1.165) is 13.1 Å². The maximum Gasteiger partial charge on any atom is 0.338 e. The number of carbonyl (C=O) groups is 1. The fourth-order valence-electron chi connectivity index (χ4n) is 1.55. The molecular formula is C13H19FN2O3. The molecule has 6 heteroatoms. The van der Waals surface area contributed by atoms with Crippen molar-refractivity contribution < 1.29 is 19.0 Å². The molecule has 0 aliphatic carbocycles. The van der Waals surface area contributed by atoms with Crippen molar-refractivity contribution in [3.8, 4) is 0 Å². The smallest absolute Gasteiger partial charge is 0.338 e. The first kappa shape index (κ1) is 15.4. The van der Waals surface area contributed by atoms with Gasteiger partial charge >= 0.3 is 5.97 Å². The number of nitrogens with zero attached hydrogens (tertiary/aromatic N) is 1. The van der Waals surface area contributed by atoms with Crippen molar-refractivity contribution in [3.05, 3.63) is 29.6 Å². The first-order valence-electron chi connectivity index (χ1n) is 5.98. The Kier molecular flexibility index (Phi) is 6.24. The highest BCUT2D eigenvalue weighted by atomic mass is 19.1. The third-order valence-electron chi connectivity index (χ3n) is 2.70. The number of benzene rings is 1. The Bertz CT molecular complexity index is 426. The predicted octanol–water partition coefficient (Wildman–Crippen LogP) is 1.51. The van der Waals surface area contributed by atoms with E-state index in [1.165, 1.54) is 12.1 Å². The molecule has 0 aromatic heterocycles. The van der Waals surface area contributed by atoms with Crippen LogP contribution in [0, 0.1) is 5.82 Å². The Morgan fingerprint density at radius 1 is 1.47 bits per heavy atom. The van der Waals surface area contributed by atoms with Crippen LogP contribution in [0.4, 0.5) is 10.1 Å². The summed E-state index contributed by atoms with van der Waals surface area (Å²) in [5.74, 6) is -1.99. The van der Waals surface area contributed by atoms with Gasteiger partial charge in [0, 0.05) is 32.4 Å². The number of carboxylic acid groups (broad SMARTS) is 1. The first-order chi connectivity index (χ1) is 9.04. The van der Waals surface area contributed by atoms with Gasteiger partial charge in [-0.05, 0) is 25.2 Å². The summed E-state index contributed by atoms with van der Waals surface area (Å²) in [6, 6.07) is 4.01. The highest BCUT2D eigenvalue weighted by Gasteiger charge is 2.10. The molecule has 0 fully saturated rings. The van der Waals surface area contributed by atoms with Crippen LogP contribution in [0.15, 0.2) is 18.2 Å². The summed E-state index contributed by atoms with van der Waals surface area (Å²) in [6.07, 6.45) is 0. The lowest BCUT2D eigenvalue weighted by atomic mass is 10.2. The van der Waals surface area contributed by atoms with Crippen LogP contribution >= 0.6 is 0 Å². The van der Waals surface area contributed by atoms with Gasteiger partial charge in [0.1, 0.15) is 5.82 Å². The molecule has 0 unspecified atom stereocenters. The number of ether oxygens (including phenoxy) is 1. The van der Waals surface area contributed by atoms with Crippen LogP contribution in [0.3, 0.4) is 0 Å². The van der Waals surface area contributed by atoms with Crippen LogP contribution < -0.4 is 5.32 Å². The minimum Gasteiger partial charge on any atom is -0.478 e. The molecular weight excluding hydrogens is 251 g/mol. The van der Waals surface area contributed by atoms with Gasteiger partial charge in [-0.3, -0.25) is 0 Å². The van der Waals surface area contributed by atoms with Gasteiger partial charge in [-0.1, -0.05) is 0 Å². The van der Waals surface area contributed by atoms with Gasteiger partial charge in [-0.15, -0.1) is 0 Å².